The highest BCUT2D eigenvalue weighted by molar-refractivity contribution is 5.98. The van der Waals surface area contributed by atoms with E-state index in [-0.39, 0.29) is 11.8 Å². The number of benzene rings is 1. The van der Waals surface area contributed by atoms with E-state index in [4.69, 9.17) is 4.98 Å². The molecule has 0 spiro atoms. The molecule has 32 heavy (non-hydrogen) atoms. The molecule has 0 bridgehead atoms. The molecule has 2 aliphatic heterocycles. The lowest BCUT2D eigenvalue weighted by Gasteiger charge is -2.34. The van der Waals surface area contributed by atoms with Crippen LogP contribution in [0.15, 0.2) is 36.5 Å². The molecule has 1 aromatic carbocycles. The number of hydrogen-bond acceptors (Lipinski definition) is 4. The summed E-state index contributed by atoms with van der Waals surface area (Å²) in [5.41, 5.74) is 7.23. The molecule has 0 unspecified atom stereocenters. The molecule has 5 rings (SSSR count). The summed E-state index contributed by atoms with van der Waals surface area (Å²) in [5.74, 6) is 0.130. The Bertz CT molecular complexity index is 1210. The second-order valence-corrected chi connectivity index (χ2v) is 8.91. The Labute approximate surface area is 188 Å². The van der Waals surface area contributed by atoms with Crippen LogP contribution in [0.2, 0.25) is 0 Å². The van der Waals surface area contributed by atoms with Crippen LogP contribution in [-0.2, 0) is 17.8 Å². The maximum atomic E-state index is 13.1. The quantitative estimate of drug-likeness (QED) is 0.640. The first-order chi connectivity index (χ1) is 15.4. The summed E-state index contributed by atoms with van der Waals surface area (Å²) in [6.45, 7) is 10.4. The van der Waals surface area contributed by atoms with Gasteiger partial charge in [-0.1, -0.05) is 0 Å². The van der Waals surface area contributed by atoms with Crippen molar-refractivity contribution in [3.63, 3.8) is 0 Å². The highest BCUT2D eigenvalue weighted by atomic mass is 16.2. The summed E-state index contributed by atoms with van der Waals surface area (Å²) >= 11 is 0. The summed E-state index contributed by atoms with van der Waals surface area (Å²) in [6, 6.07) is 9.97. The van der Waals surface area contributed by atoms with Gasteiger partial charge in [0, 0.05) is 63.6 Å². The third kappa shape index (κ3) is 3.66. The molecule has 0 N–H and O–H groups in total. The fourth-order valence-corrected chi connectivity index (χ4v) is 4.87. The molecule has 0 atom stereocenters. The van der Waals surface area contributed by atoms with E-state index in [9.17, 15) is 9.59 Å². The summed E-state index contributed by atoms with van der Waals surface area (Å²) in [6.07, 6.45) is 2.91. The number of rotatable bonds is 3. The van der Waals surface area contributed by atoms with Gasteiger partial charge in [-0.25, -0.2) is 4.98 Å². The number of imidazole rings is 1. The fourth-order valence-electron chi connectivity index (χ4n) is 4.87. The molecule has 2 aliphatic rings. The van der Waals surface area contributed by atoms with Crippen molar-refractivity contribution in [2.75, 3.05) is 37.6 Å². The standard InChI is InChI=1S/C25H29N5O2/c1-17-6-8-30-23(18(2)26-24(30)14-17)16-27-10-12-28(13-11-27)25(32)21-4-5-22-20(15-21)7-9-29(22)19(3)31/h4-6,8,14-15H,7,9-13,16H2,1-3H3. The lowest BCUT2D eigenvalue weighted by atomic mass is 10.1. The van der Waals surface area contributed by atoms with Crippen LogP contribution in [0.25, 0.3) is 5.65 Å². The number of aromatic nitrogens is 2. The average molecular weight is 432 g/mol. The molecule has 0 aliphatic carbocycles. The molecule has 0 saturated carbocycles. The van der Waals surface area contributed by atoms with Crippen molar-refractivity contribution in [1.82, 2.24) is 19.2 Å². The normalized spacial score (nSPS) is 16.6. The SMILES string of the molecule is CC(=O)N1CCc2cc(C(=O)N3CCN(Cc4c(C)nc5cc(C)ccn45)CC3)ccc21. The Morgan fingerprint density at radius 2 is 1.78 bits per heavy atom. The summed E-state index contributed by atoms with van der Waals surface area (Å²) < 4.78 is 2.18. The zero-order chi connectivity index (χ0) is 22.4. The zero-order valence-corrected chi connectivity index (χ0v) is 19.0. The number of carbonyl (C=O) groups is 2. The van der Waals surface area contributed by atoms with Crippen molar-refractivity contribution < 1.29 is 9.59 Å². The molecule has 7 heteroatoms. The average Bonchev–Trinajstić information content (AvgIpc) is 3.34. The number of hydrogen-bond donors (Lipinski definition) is 0. The summed E-state index contributed by atoms with van der Waals surface area (Å²) in [5, 5.41) is 0. The number of carbonyl (C=O) groups excluding carboxylic acids is 2. The fraction of sp³-hybridized carbons (Fsp3) is 0.400. The van der Waals surface area contributed by atoms with Gasteiger partial charge in [-0.05, 0) is 61.7 Å². The van der Waals surface area contributed by atoms with E-state index in [0.29, 0.717) is 19.6 Å². The number of amides is 2. The number of aryl methyl sites for hydroxylation is 2. The summed E-state index contributed by atoms with van der Waals surface area (Å²) in [4.78, 5) is 35.7. The van der Waals surface area contributed by atoms with E-state index in [2.05, 4.69) is 41.5 Å². The minimum absolute atomic E-state index is 0.0512. The van der Waals surface area contributed by atoms with Crippen LogP contribution in [0.5, 0.6) is 0 Å². The van der Waals surface area contributed by atoms with Gasteiger partial charge < -0.3 is 14.2 Å². The Morgan fingerprint density at radius 1 is 1.00 bits per heavy atom. The Kier molecular flexibility index (Phi) is 5.21. The second kappa shape index (κ2) is 8.06. The van der Waals surface area contributed by atoms with Crippen molar-refractivity contribution in [3.05, 3.63) is 64.6 Å². The van der Waals surface area contributed by atoms with Gasteiger partial charge in [0.15, 0.2) is 0 Å². The minimum atomic E-state index is 0.0512. The molecule has 4 heterocycles. The predicted molar refractivity (Wildman–Crippen MR) is 124 cm³/mol. The number of nitrogens with zero attached hydrogens (tertiary/aromatic N) is 5. The monoisotopic (exact) mass is 431 g/mol. The number of pyridine rings is 1. The minimum Gasteiger partial charge on any atom is -0.336 e. The van der Waals surface area contributed by atoms with E-state index in [1.165, 1.54) is 11.3 Å². The molecule has 3 aromatic rings. The predicted octanol–water partition coefficient (Wildman–Crippen LogP) is 2.82. The molecule has 0 radical (unpaired) electrons. The van der Waals surface area contributed by atoms with Gasteiger partial charge >= 0.3 is 0 Å². The third-order valence-corrected chi connectivity index (χ3v) is 6.72. The van der Waals surface area contributed by atoms with Crippen molar-refractivity contribution in [3.8, 4) is 0 Å². The van der Waals surface area contributed by atoms with E-state index >= 15 is 0 Å². The number of piperazine rings is 1. The lowest BCUT2D eigenvalue weighted by Crippen LogP contribution is -2.48. The van der Waals surface area contributed by atoms with Gasteiger partial charge in [0.2, 0.25) is 5.91 Å². The van der Waals surface area contributed by atoms with Gasteiger partial charge in [-0.15, -0.1) is 0 Å². The molecule has 2 amide bonds. The van der Waals surface area contributed by atoms with E-state index < -0.39 is 0 Å². The van der Waals surface area contributed by atoms with Gasteiger partial charge in [0.25, 0.3) is 5.91 Å². The Morgan fingerprint density at radius 3 is 2.53 bits per heavy atom. The van der Waals surface area contributed by atoms with Crippen molar-refractivity contribution in [2.24, 2.45) is 0 Å². The first kappa shape index (κ1) is 20.7. The van der Waals surface area contributed by atoms with Crippen LogP contribution in [0.3, 0.4) is 0 Å². The van der Waals surface area contributed by atoms with Crippen LogP contribution in [-0.4, -0.2) is 63.7 Å². The van der Waals surface area contributed by atoms with Gasteiger partial charge in [0.1, 0.15) is 5.65 Å². The van der Waals surface area contributed by atoms with Crippen LogP contribution in [0, 0.1) is 13.8 Å². The maximum absolute atomic E-state index is 13.1. The van der Waals surface area contributed by atoms with Crippen LogP contribution in [0.4, 0.5) is 5.69 Å². The topological polar surface area (TPSA) is 61.2 Å². The third-order valence-electron chi connectivity index (χ3n) is 6.72. The first-order valence-corrected chi connectivity index (χ1v) is 11.3. The molecule has 1 fully saturated rings. The van der Waals surface area contributed by atoms with Gasteiger partial charge in [-0.3, -0.25) is 14.5 Å². The zero-order valence-electron chi connectivity index (χ0n) is 19.0. The van der Waals surface area contributed by atoms with Crippen LogP contribution < -0.4 is 4.90 Å². The number of fused-ring (bicyclic) bond motifs is 2. The highest BCUT2D eigenvalue weighted by Crippen LogP contribution is 2.29. The molecule has 7 nitrogen and oxygen atoms in total. The molecular formula is C25H29N5O2. The van der Waals surface area contributed by atoms with Crippen LogP contribution in [0.1, 0.15) is 39.8 Å². The van der Waals surface area contributed by atoms with Crippen LogP contribution >= 0.6 is 0 Å². The second-order valence-electron chi connectivity index (χ2n) is 8.91. The Balaban J connectivity index is 1.24. The van der Waals surface area contributed by atoms with Crippen molar-refractivity contribution in [1.29, 1.82) is 0 Å². The van der Waals surface area contributed by atoms with E-state index in [0.717, 1.165) is 54.2 Å². The van der Waals surface area contributed by atoms with Gasteiger partial charge in [-0.2, -0.15) is 0 Å². The summed E-state index contributed by atoms with van der Waals surface area (Å²) in [7, 11) is 0. The van der Waals surface area contributed by atoms with E-state index in [1.807, 2.05) is 23.1 Å². The smallest absolute Gasteiger partial charge is 0.253 e. The molecule has 1 saturated heterocycles. The largest absolute Gasteiger partial charge is 0.336 e. The van der Waals surface area contributed by atoms with Crippen molar-refractivity contribution >= 4 is 23.1 Å². The first-order valence-electron chi connectivity index (χ1n) is 11.3. The molecule has 166 valence electrons. The maximum Gasteiger partial charge on any atom is 0.253 e. The molecular weight excluding hydrogens is 402 g/mol. The van der Waals surface area contributed by atoms with Crippen molar-refractivity contribution in [2.45, 2.75) is 33.7 Å². The number of anilines is 1. The van der Waals surface area contributed by atoms with Gasteiger partial charge in [0.05, 0.1) is 11.4 Å². The Hall–Kier alpha value is -3.19. The molecule has 2 aromatic heterocycles. The van der Waals surface area contributed by atoms with E-state index in [1.54, 1.807) is 11.8 Å². The lowest BCUT2D eigenvalue weighted by molar-refractivity contribution is -0.116. The highest BCUT2D eigenvalue weighted by Gasteiger charge is 2.26.